The van der Waals surface area contributed by atoms with Gasteiger partial charge in [0.25, 0.3) is 0 Å². The highest BCUT2D eigenvalue weighted by Gasteiger charge is 2.32. The minimum Gasteiger partial charge on any atom is -0.442 e. The largest absolute Gasteiger partial charge is 0.442 e. The molecular weight excluding hydrogens is 282 g/mol. The number of hydrogen-bond donors (Lipinski definition) is 1. The lowest BCUT2D eigenvalue weighted by atomic mass is 10.2. The van der Waals surface area contributed by atoms with Gasteiger partial charge in [-0.25, -0.2) is 13.6 Å². The number of anilines is 1. The van der Waals surface area contributed by atoms with Gasteiger partial charge in [0.1, 0.15) is 11.9 Å². The predicted molar refractivity (Wildman–Crippen MR) is 72.8 cm³/mol. The molecule has 0 aromatic heterocycles. The normalized spacial score (nSPS) is 18.1. The number of nitrogens with one attached hydrogen (secondary N) is 1. The summed E-state index contributed by atoms with van der Waals surface area (Å²) in [6, 6.07) is 4.01. The topological polar surface area (TPSA) is 58.6 Å². The van der Waals surface area contributed by atoms with Crippen molar-refractivity contribution in [3.05, 3.63) is 35.9 Å². The summed E-state index contributed by atoms with van der Waals surface area (Å²) in [5.74, 6) is -0.864. The molecule has 0 radical (unpaired) electrons. The van der Waals surface area contributed by atoms with E-state index in [-0.39, 0.29) is 30.9 Å². The number of amides is 2. The lowest BCUT2D eigenvalue weighted by molar-refractivity contribution is -0.119. The summed E-state index contributed by atoms with van der Waals surface area (Å²) >= 11 is 0. The van der Waals surface area contributed by atoms with Gasteiger partial charge in [0.2, 0.25) is 5.91 Å². The highest BCUT2D eigenvalue weighted by molar-refractivity contribution is 5.90. The van der Waals surface area contributed by atoms with E-state index in [9.17, 15) is 18.4 Å². The molecule has 0 aliphatic carbocycles. The molecule has 0 spiro atoms. The second kappa shape index (κ2) is 6.34. The van der Waals surface area contributed by atoms with Crippen molar-refractivity contribution in [1.29, 1.82) is 0 Å². The molecule has 2 rings (SSSR count). The number of benzene rings is 1. The first kappa shape index (κ1) is 15.0. The van der Waals surface area contributed by atoms with E-state index in [0.717, 1.165) is 12.1 Å². The van der Waals surface area contributed by atoms with Gasteiger partial charge in [-0.1, -0.05) is 0 Å². The fraction of sp³-hybridized carbons (Fsp3) is 0.286. The van der Waals surface area contributed by atoms with Crippen LogP contribution in [0.5, 0.6) is 0 Å². The van der Waals surface area contributed by atoms with Crippen molar-refractivity contribution in [1.82, 2.24) is 5.32 Å². The number of halogens is 2. The van der Waals surface area contributed by atoms with Gasteiger partial charge in [-0.15, -0.1) is 0 Å². The summed E-state index contributed by atoms with van der Waals surface area (Å²) in [6.07, 6.45) is 0.126. The molecule has 2 amide bonds. The van der Waals surface area contributed by atoms with E-state index in [1.54, 1.807) is 0 Å². The van der Waals surface area contributed by atoms with Crippen LogP contribution in [0.1, 0.15) is 12.5 Å². The first-order valence-electron chi connectivity index (χ1n) is 6.30. The monoisotopic (exact) mass is 296 g/mol. The molecule has 1 saturated heterocycles. The number of ether oxygens (including phenoxy) is 1. The van der Waals surface area contributed by atoms with Gasteiger partial charge in [-0.05, 0) is 24.3 Å². The first-order chi connectivity index (χ1) is 10.0. The zero-order valence-corrected chi connectivity index (χ0v) is 11.3. The van der Waals surface area contributed by atoms with Gasteiger partial charge in [0, 0.05) is 12.5 Å². The Hall–Kier alpha value is -2.44. The van der Waals surface area contributed by atoms with Crippen LogP contribution in [0.15, 0.2) is 24.5 Å². The summed E-state index contributed by atoms with van der Waals surface area (Å²) in [4.78, 5) is 23.8. The molecule has 7 heteroatoms. The van der Waals surface area contributed by atoms with E-state index < -0.39 is 18.0 Å². The Bertz CT molecular complexity index is 590. The zero-order chi connectivity index (χ0) is 15.4. The Morgan fingerprint density at radius 2 is 2.33 bits per heavy atom. The van der Waals surface area contributed by atoms with E-state index in [1.807, 2.05) is 0 Å². The quantitative estimate of drug-likeness (QED) is 0.927. The van der Waals surface area contributed by atoms with Crippen molar-refractivity contribution in [2.24, 2.45) is 0 Å². The minimum absolute atomic E-state index is 0.0867. The van der Waals surface area contributed by atoms with E-state index in [2.05, 4.69) is 5.32 Å². The molecule has 1 aromatic rings. The Balaban J connectivity index is 2.10. The van der Waals surface area contributed by atoms with Gasteiger partial charge in [-0.3, -0.25) is 9.69 Å². The van der Waals surface area contributed by atoms with E-state index >= 15 is 0 Å². The lowest BCUT2D eigenvalue weighted by Crippen LogP contribution is -2.33. The van der Waals surface area contributed by atoms with Crippen molar-refractivity contribution in [2.45, 2.75) is 13.0 Å². The Morgan fingerprint density at radius 1 is 1.57 bits per heavy atom. The van der Waals surface area contributed by atoms with Crippen LogP contribution in [0.2, 0.25) is 0 Å². The van der Waals surface area contributed by atoms with Gasteiger partial charge < -0.3 is 10.1 Å². The molecule has 1 aliphatic rings. The van der Waals surface area contributed by atoms with Crippen LogP contribution in [0.3, 0.4) is 0 Å². The molecular formula is C14H14F2N2O3. The van der Waals surface area contributed by atoms with Crippen molar-refractivity contribution >= 4 is 23.8 Å². The average Bonchev–Trinajstić information content (AvgIpc) is 2.80. The van der Waals surface area contributed by atoms with Crippen LogP contribution in [0.25, 0.3) is 6.08 Å². The Kier molecular flexibility index (Phi) is 4.52. The third-order valence-corrected chi connectivity index (χ3v) is 2.99. The summed E-state index contributed by atoms with van der Waals surface area (Å²) in [5.41, 5.74) is 0.405. The Labute approximate surface area is 120 Å². The summed E-state index contributed by atoms with van der Waals surface area (Å²) < 4.78 is 30.8. The average molecular weight is 296 g/mol. The molecule has 5 nitrogen and oxygen atoms in total. The molecule has 21 heavy (non-hydrogen) atoms. The predicted octanol–water partition coefficient (Wildman–Crippen LogP) is 2.23. The van der Waals surface area contributed by atoms with Crippen LogP contribution in [-0.2, 0) is 9.53 Å². The molecule has 0 saturated carbocycles. The number of carbonyl (C=O) groups is 2. The highest BCUT2D eigenvalue weighted by atomic mass is 19.1. The van der Waals surface area contributed by atoms with Gasteiger partial charge >= 0.3 is 6.09 Å². The molecule has 1 fully saturated rings. The zero-order valence-electron chi connectivity index (χ0n) is 11.3. The molecule has 1 aliphatic heterocycles. The molecule has 1 aromatic carbocycles. The van der Waals surface area contributed by atoms with Gasteiger partial charge in [-0.2, -0.15) is 0 Å². The summed E-state index contributed by atoms with van der Waals surface area (Å²) in [5, 5.41) is 2.55. The van der Waals surface area contributed by atoms with Crippen molar-refractivity contribution in [2.75, 3.05) is 18.0 Å². The first-order valence-corrected chi connectivity index (χ1v) is 6.30. The molecule has 1 N–H and O–H groups in total. The number of nitrogens with zero attached hydrogens (tertiary/aromatic N) is 1. The van der Waals surface area contributed by atoms with Crippen LogP contribution >= 0.6 is 0 Å². The minimum atomic E-state index is -0.639. The lowest BCUT2D eigenvalue weighted by Gasteiger charge is -2.13. The maximum Gasteiger partial charge on any atom is 0.414 e. The second-order valence-electron chi connectivity index (χ2n) is 4.55. The second-order valence-corrected chi connectivity index (χ2v) is 4.55. The van der Waals surface area contributed by atoms with E-state index in [4.69, 9.17) is 4.74 Å². The van der Waals surface area contributed by atoms with Crippen LogP contribution < -0.4 is 10.2 Å². The fourth-order valence-corrected chi connectivity index (χ4v) is 1.98. The number of rotatable bonds is 4. The van der Waals surface area contributed by atoms with Gasteiger partial charge in [0.05, 0.1) is 25.1 Å². The van der Waals surface area contributed by atoms with Crippen molar-refractivity contribution in [3.8, 4) is 0 Å². The fourth-order valence-electron chi connectivity index (χ4n) is 1.98. The number of hydrogen-bond acceptors (Lipinski definition) is 3. The third-order valence-electron chi connectivity index (χ3n) is 2.99. The standard InChI is InChI=1S/C14H14F2N2O3/c1-9(19)17-7-12-8-18(14(20)21-12)11-3-2-10(4-5-15)13(16)6-11/h2-6,12H,7-8H2,1H3,(H,17,19)/b5-4-/t12-/m0/s1. The smallest absolute Gasteiger partial charge is 0.414 e. The maximum absolute atomic E-state index is 13.7. The molecule has 112 valence electrons. The molecule has 1 heterocycles. The summed E-state index contributed by atoms with van der Waals surface area (Å²) in [7, 11) is 0. The van der Waals surface area contributed by atoms with Crippen molar-refractivity contribution in [3.63, 3.8) is 0 Å². The molecule has 0 unspecified atom stereocenters. The third kappa shape index (κ3) is 3.56. The van der Waals surface area contributed by atoms with E-state index in [0.29, 0.717) is 5.69 Å². The maximum atomic E-state index is 13.7. The van der Waals surface area contributed by atoms with Gasteiger partial charge in [0.15, 0.2) is 0 Å². The molecule has 1 atom stereocenters. The van der Waals surface area contributed by atoms with Crippen molar-refractivity contribution < 1.29 is 23.1 Å². The highest BCUT2D eigenvalue weighted by Crippen LogP contribution is 2.24. The van der Waals surface area contributed by atoms with Crippen LogP contribution in [0.4, 0.5) is 19.3 Å². The molecule has 0 bridgehead atoms. The van der Waals surface area contributed by atoms with Crippen LogP contribution in [0, 0.1) is 5.82 Å². The van der Waals surface area contributed by atoms with Crippen LogP contribution in [-0.4, -0.2) is 31.2 Å². The Morgan fingerprint density at radius 3 is 2.95 bits per heavy atom. The summed E-state index contributed by atoms with van der Waals surface area (Å²) in [6.45, 7) is 1.76. The SMILES string of the molecule is CC(=O)NC[C@H]1CN(c2ccc(/C=C\F)c(F)c2)C(=O)O1. The number of carbonyl (C=O) groups excluding carboxylic acids is 2. The van der Waals surface area contributed by atoms with E-state index in [1.165, 1.54) is 24.0 Å². The number of cyclic esters (lactones) is 1.